The number of H-pyrrole nitrogens is 1. The van der Waals surface area contributed by atoms with E-state index in [4.69, 9.17) is 28.3 Å². The Kier molecular flexibility index (Phi) is 2.90. The Morgan fingerprint density at radius 2 is 1.81 bits per heavy atom. The van der Waals surface area contributed by atoms with Gasteiger partial charge < -0.3 is 10.1 Å². The fraction of sp³-hybridized carbons (Fsp3) is 0. The number of benzene rings is 1. The van der Waals surface area contributed by atoms with Crippen molar-refractivity contribution in [2.75, 3.05) is 0 Å². The molecule has 82 valence electrons. The first-order valence-electron chi connectivity index (χ1n) is 4.45. The van der Waals surface area contributed by atoms with E-state index in [1.165, 1.54) is 0 Å². The summed E-state index contributed by atoms with van der Waals surface area (Å²) in [5, 5.41) is 9.90. The monoisotopic (exact) mass is 255 g/mol. The second-order valence-electron chi connectivity index (χ2n) is 3.23. The van der Waals surface area contributed by atoms with Crippen LogP contribution in [-0.4, -0.2) is 16.1 Å². The van der Waals surface area contributed by atoms with Crippen molar-refractivity contribution >= 4 is 29.2 Å². The molecule has 0 saturated heterocycles. The molecule has 0 fully saturated rings. The predicted molar refractivity (Wildman–Crippen MR) is 63.2 cm³/mol. The molecule has 1 heterocycles. The predicted octanol–water partition coefficient (Wildman–Crippen LogP) is 3.69. The van der Waals surface area contributed by atoms with Gasteiger partial charge in [-0.25, -0.2) is 4.79 Å². The molecular weight excluding hydrogens is 249 g/mol. The summed E-state index contributed by atoms with van der Waals surface area (Å²) in [5.41, 5.74) is 1.37. The molecule has 2 rings (SSSR count). The number of aromatic amines is 1. The minimum Gasteiger partial charge on any atom is -0.477 e. The largest absolute Gasteiger partial charge is 0.477 e. The quantitative estimate of drug-likeness (QED) is 0.860. The molecule has 0 atom stereocenters. The van der Waals surface area contributed by atoms with E-state index in [2.05, 4.69) is 4.98 Å². The van der Waals surface area contributed by atoms with Crippen molar-refractivity contribution < 1.29 is 9.90 Å². The molecule has 1 aromatic heterocycles. The molecule has 0 aliphatic carbocycles. The summed E-state index contributed by atoms with van der Waals surface area (Å²) in [6.45, 7) is 0. The number of carbonyl (C=O) groups is 1. The molecule has 0 aliphatic rings. The van der Waals surface area contributed by atoms with Gasteiger partial charge in [0.15, 0.2) is 0 Å². The molecule has 0 saturated carbocycles. The highest BCUT2D eigenvalue weighted by atomic mass is 35.5. The molecule has 16 heavy (non-hydrogen) atoms. The highest BCUT2D eigenvalue weighted by molar-refractivity contribution is 6.35. The lowest BCUT2D eigenvalue weighted by molar-refractivity contribution is 0.0692. The maximum absolute atomic E-state index is 10.9. The Labute approximate surface area is 102 Å². The first kappa shape index (κ1) is 11.0. The number of rotatable bonds is 2. The van der Waals surface area contributed by atoms with Crippen LogP contribution >= 0.6 is 23.2 Å². The van der Waals surface area contributed by atoms with Crippen LogP contribution < -0.4 is 0 Å². The lowest BCUT2D eigenvalue weighted by Crippen LogP contribution is -1.98. The van der Waals surface area contributed by atoms with Crippen LogP contribution in [0.15, 0.2) is 30.5 Å². The molecule has 0 spiro atoms. The van der Waals surface area contributed by atoms with Crippen LogP contribution in [0, 0.1) is 0 Å². The van der Waals surface area contributed by atoms with Crippen LogP contribution in [0.1, 0.15) is 10.5 Å². The van der Waals surface area contributed by atoms with E-state index in [1.54, 1.807) is 30.5 Å². The summed E-state index contributed by atoms with van der Waals surface area (Å²) in [5.74, 6) is -1.02. The Balaban J connectivity index is 2.58. The van der Waals surface area contributed by atoms with Gasteiger partial charge in [-0.1, -0.05) is 23.2 Å². The molecule has 3 nitrogen and oxygen atoms in total. The number of hydrogen-bond donors (Lipinski definition) is 2. The van der Waals surface area contributed by atoms with Crippen LogP contribution in [0.5, 0.6) is 0 Å². The molecule has 0 unspecified atom stereocenters. The van der Waals surface area contributed by atoms with Gasteiger partial charge in [0.25, 0.3) is 0 Å². The number of carboxylic acid groups (broad SMARTS) is 1. The lowest BCUT2D eigenvalue weighted by Gasteiger charge is -2.02. The molecule has 0 amide bonds. The summed E-state index contributed by atoms with van der Waals surface area (Å²) in [6, 6.07) is 6.61. The van der Waals surface area contributed by atoms with Crippen LogP contribution in [0.25, 0.3) is 11.1 Å². The maximum atomic E-state index is 10.9. The lowest BCUT2D eigenvalue weighted by atomic mass is 10.1. The normalized spacial score (nSPS) is 10.4. The van der Waals surface area contributed by atoms with E-state index in [1.807, 2.05) is 0 Å². The maximum Gasteiger partial charge on any atom is 0.352 e. The number of halogens is 2. The summed E-state index contributed by atoms with van der Waals surface area (Å²) >= 11 is 11.7. The van der Waals surface area contributed by atoms with Crippen molar-refractivity contribution in [3.8, 4) is 11.1 Å². The highest BCUT2D eigenvalue weighted by Crippen LogP contribution is 2.29. The minimum atomic E-state index is -1.02. The van der Waals surface area contributed by atoms with Crippen molar-refractivity contribution in [1.29, 1.82) is 0 Å². The average Bonchev–Trinajstić information content (AvgIpc) is 2.63. The van der Waals surface area contributed by atoms with Gasteiger partial charge in [-0.05, 0) is 29.8 Å². The minimum absolute atomic E-state index is 0.123. The number of aromatic nitrogens is 1. The molecule has 0 bridgehead atoms. The van der Waals surface area contributed by atoms with Crippen molar-refractivity contribution in [2.45, 2.75) is 0 Å². The summed E-state index contributed by atoms with van der Waals surface area (Å²) in [4.78, 5) is 13.6. The summed E-state index contributed by atoms with van der Waals surface area (Å²) in [6.07, 6.45) is 1.56. The van der Waals surface area contributed by atoms with E-state index in [-0.39, 0.29) is 5.69 Å². The third kappa shape index (κ3) is 2.05. The van der Waals surface area contributed by atoms with Gasteiger partial charge in [0.1, 0.15) is 5.69 Å². The molecule has 0 radical (unpaired) electrons. The third-order valence-corrected chi connectivity index (χ3v) is 2.57. The highest BCUT2D eigenvalue weighted by Gasteiger charge is 2.13. The first-order chi connectivity index (χ1) is 7.58. The Bertz CT molecular complexity index is 528. The third-order valence-electron chi connectivity index (χ3n) is 2.13. The van der Waals surface area contributed by atoms with E-state index in [0.717, 1.165) is 0 Å². The number of aromatic carboxylic acids is 1. The van der Waals surface area contributed by atoms with Crippen LogP contribution in [-0.2, 0) is 0 Å². The SMILES string of the molecule is O=C(O)c1[nH]ccc1-c1cc(Cl)cc(Cl)c1. The first-order valence-corrected chi connectivity index (χ1v) is 5.20. The average molecular weight is 256 g/mol. The van der Waals surface area contributed by atoms with E-state index in [9.17, 15) is 4.79 Å². The van der Waals surface area contributed by atoms with Gasteiger partial charge in [-0.2, -0.15) is 0 Å². The Morgan fingerprint density at radius 3 is 2.38 bits per heavy atom. The topological polar surface area (TPSA) is 53.1 Å². The molecular formula is C11H7Cl2NO2. The van der Waals surface area contributed by atoms with E-state index >= 15 is 0 Å². The van der Waals surface area contributed by atoms with Gasteiger partial charge in [0, 0.05) is 21.8 Å². The molecule has 1 aromatic carbocycles. The second kappa shape index (κ2) is 4.20. The zero-order valence-electron chi connectivity index (χ0n) is 8.00. The molecule has 2 aromatic rings. The fourth-order valence-electron chi connectivity index (χ4n) is 1.50. The fourth-order valence-corrected chi connectivity index (χ4v) is 2.02. The van der Waals surface area contributed by atoms with Crippen molar-refractivity contribution in [1.82, 2.24) is 4.98 Å². The van der Waals surface area contributed by atoms with Crippen LogP contribution in [0.3, 0.4) is 0 Å². The summed E-state index contributed by atoms with van der Waals surface area (Å²) < 4.78 is 0. The van der Waals surface area contributed by atoms with Crippen LogP contribution in [0.4, 0.5) is 0 Å². The Morgan fingerprint density at radius 1 is 1.19 bits per heavy atom. The number of hydrogen-bond acceptors (Lipinski definition) is 1. The molecule has 0 aliphatic heterocycles. The van der Waals surface area contributed by atoms with Gasteiger partial charge in [0.05, 0.1) is 0 Å². The standard InChI is InChI=1S/C11H7Cl2NO2/c12-7-3-6(4-8(13)5-7)9-1-2-14-10(9)11(15)16/h1-5,14H,(H,15,16). The second-order valence-corrected chi connectivity index (χ2v) is 4.10. The zero-order valence-corrected chi connectivity index (χ0v) is 9.51. The van der Waals surface area contributed by atoms with E-state index < -0.39 is 5.97 Å². The zero-order chi connectivity index (χ0) is 11.7. The smallest absolute Gasteiger partial charge is 0.352 e. The van der Waals surface area contributed by atoms with Crippen LogP contribution in [0.2, 0.25) is 10.0 Å². The Hall–Kier alpha value is -1.45. The number of carboxylic acids is 1. The number of nitrogens with one attached hydrogen (secondary N) is 1. The van der Waals surface area contributed by atoms with Crippen molar-refractivity contribution in [2.24, 2.45) is 0 Å². The molecule has 2 N–H and O–H groups in total. The van der Waals surface area contributed by atoms with E-state index in [0.29, 0.717) is 21.2 Å². The van der Waals surface area contributed by atoms with Gasteiger partial charge >= 0.3 is 5.97 Å². The van der Waals surface area contributed by atoms with Crippen molar-refractivity contribution in [3.05, 3.63) is 46.2 Å². The van der Waals surface area contributed by atoms with Gasteiger partial charge in [0.2, 0.25) is 0 Å². The van der Waals surface area contributed by atoms with Gasteiger partial charge in [-0.3, -0.25) is 0 Å². The molecule has 5 heteroatoms. The summed E-state index contributed by atoms with van der Waals surface area (Å²) in [7, 11) is 0. The van der Waals surface area contributed by atoms with Crippen molar-refractivity contribution in [3.63, 3.8) is 0 Å². The van der Waals surface area contributed by atoms with Gasteiger partial charge in [-0.15, -0.1) is 0 Å².